The summed E-state index contributed by atoms with van der Waals surface area (Å²) in [6.07, 6.45) is 0.185. The summed E-state index contributed by atoms with van der Waals surface area (Å²) in [5.41, 5.74) is 5.88. The van der Waals surface area contributed by atoms with Crippen LogP contribution >= 0.6 is 11.8 Å². The van der Waals surface area contributed by atoms with Gasteiger partial charge in [0.2, 0.25) is 17.7 Å². The smallest absolute Gasteiger partial charge is 0.326 e. The number of aliphatic hydroxyl groups is 1. The topological polar surface area (TPSA) is 208 Å². The maximum Gasteiger partial charge on any atom is 0.326 e. The second kappa shape index (κ2) is 15.5. The van der Waals surface area contributed by atoms with Gasteiger partial charge in [-0.25, -0.2) is 4.79 Å². The number of aliphatic hydroxyl groups excluding tert-OH is 1. The Morgan fingerprint density at radius 2 is 1.45 bits per heavy atom. The number of hydrogen-bond acceptors (Lipinski definition) is 8. The zero-order chi connectivity index (χ0) is 25.7. The van der Waals surface area contributed by atoms with Crippen LogP contribution in [0.25, 0.3) is 0 Å². The number of thioether (sulfide) groups is 1. The minimum Gasteiger partial charge on any atom is -0.481 e. The third kappa shape index (κ3) is 12.4. The van der Waals surface area contributed by atoms with Crippen LogP contribution in [0.2, 0.25) is 0 Å². The minimum atomic E-state index is -1.53. The van der Waals surface area contributed by atoms with Crippen LogP contribution in [0.5, 0.6) is 0 Å². The second-order valence-electron chi connectivity index (χ2n) is 8.14. The number of amides is 3. The molecule has 0 aliphatic rings. The molecule has 12 nitrogen and oxygen atoms in total. The molecule has 0 aromatic carbocycles. The summed E-state index contributed by atoms with van der Waals surface area (Å²) < 4.78 is 0. The Kier molecular flexibility index (Phi) is 14.3. The summed E-state index contributed by atoms with van der Waals surface area (Å²) in [7, 11) is 0. The number of carbonyl (C=O) groups excluding carboxylic acids is 3. The van der Waals surface area contributed by atoms with Crippen molar-refractivity contribution in [3.63, 3.8) is 0 Å². The van der Waals surface area contributed by atoms with Crippen LogP contribution in [0.15, 0.2) is 0 Å². The molecule has 33 heavy (non-hydrogen) atoms. The summed E-state index contributed by atoms with van der Waals surface area (Å²) in [6.45, 7) is 5.03. The van der Waals surface area contributed by atoms with Gasteiger partial charge in [-0.2, -0.15) is 11.8 Å². The third-order valence-electron chi connectivity index (χ3n) is 4.63. The monoisotopic (exact) mass is 492 g/mol. The molecule has 0 aliphatic carbocycles. The molecule has 0 aromatic heterocycles. The molecule has 0 radical (unpaired) electrons. The molecule has 0 fully saturated rings. The van der Waals surface area contributed by atoms with Gasteiger partial charge in [-0.1, -0.05) is 13.8 Å². The van der Waals surface area contributed by atoms with Gasteiger partial charge in [0.05, 0.1) is 12.1 Å². The summed E-state index contributed by atoms with van der Waals surface area (Å²) in [5.74, 6) is -4.28. The van der Waals surface area contributed by atoms with Gasteiger partial charge in [-0.05, 0) is 44.1 Å². The van der Waals surface area contributed by atoms with Gasteiger partial charge in [0.25, 0.3) is 0 Å². The van der Waals surface area contributed by atoms with Crippen molar-refractivity contribution in [1.29, 1.82) is 0 Å². The molecule has 0 aliphatic heterocycles. The molecule has 5 unspecified atom stereocenters. The maximum absolute atomic E-state index is 12.8. The van der Waals surface area contributed by atoms with Crippen molar-refractivity contribution >= 4 is 41.4 Å². The van der Waals surface area contributed by atoms with Gasteiger partial charge in [-0.3, -0.25) is 19.2 Å². The normalized spacial score (nSPS) is 15.6. The number of nitrogens with two attached hydrogens (primary N) is 1. The van der Waals surface area contributed by atoms with E-state index in [1.54, 1.807) is 0 Å². The maximum atomic E-state index is 12.8. The van der Waals surface area contributed by atoms with E-state index in [2.05, 4.69) is 16.0 Å². The quantitative estimate of drug-likeness (QED) is 0.138. The average molecular weight is 493 g/mol. The molecule has 0 bridgehead atoms. The Labute approximate surface area is 197 Å². The van der Waals surface area contributed by atoms with E-state index < -0.39 is 66.4 Å². The van der Waals surface area contributed by atoms with Gasteiger partial charge < -0.3 is 37.0 Å². The standard InChI is InChI=1S/C20H36N4O8S/c1-10(2)9-12(21)17(28)22-13(7-8-33-4)18(29)24-16(11(3)25)19(30)23-14(20(31)32)5-6-15(26)27/h10-14,16,25H,5-9,21H2,1-4H3,(H,22,28)(H,23,30)(H,24,29)(H,26,27)(H,31,32). The van der Waals surface area contributed by atoms with Gasteiger partial charge in [0.1, 0.15) is 18.1 Å². The van der Waals surface area contributed by atoms with E-state index in [4.69, 9.17) is 10.8 Å². The highest BCUT2D eigenvalue weighted by molar-refractivity contribution is 7.98. The number of carboxylic acid groups (broad SMARTS) is 2. The number of rotatable bonds is 16. The van der Waals surface area contributed by atoms with Crippen LogP contribution in [0.1, 0.15) is 46.5 Å². The fraction of sp³-hybridized carbons (Fsp3) is 0.750. The molecule has 3 amide bonds. The van der Waals surface area contributed by atoms with Gasteiger partial charge in [-0.15, -0.1) is 0 Å². The average Bonchev–Trinajstić information content (AvgIpc) is 2.70. The molecule has 0 heterocycles. The molecular formula is C20H36N4O8S. The SMILES string of the molecule is CSCCC(NC(=O)C(N)CC(C)C)C(=O)NC(C(=O)NC(CCC(=O)O)C(=O)O)C(C)O. The van der Waals surface area contributed by atoms with E-state index in [-0.39, 0.29) is 18.8 Å². The number of carbonyl (C=O) groups is 5. The lowest BCUT2D eigenvalue weighted by Crippen LogP contribution is -2.60. The molecule has 0 aromatic rings. The molecule has 13 heteroatoms. The molecule has 0 saturated heterocycles. The summed E-state index contributed by atoms with van der Waals surface area (Å²) >= 11 is 1.44. The number of aliphatic carboxylic acids is 2. The van der Waals surface area contributed by atoms with E-state index in [0.717, 1.165) is 0 Å². The zero-order valence-electron chi connectivity index (χ0n) is 19.4. The van der Waals surface area contributed by atoms with Gasteiger partial charge in [0.15, 0.2) is 0 Å². The lowest BCUT2D eigenvalue weighted by atomic mass is 10.0. The summed E-state index contributed by atoms with van der Waals surface area (Å²) in [6, 6.07) is -4.90. The third-order valence-corrected chi connectivity index (χ3v) is 5.27. The predicted molar refractivity (Wildman–Crippen MR) is 122 cm³/mol. The number of hydrogen-bond donors (Lipinski definition) is 7. The van der Waals surface area contributed by atoms with Crippen LogP contribution < -0.4 is 21.7 Å². The highest BCUT2D eigenvalue weighted by atomic mass is 32.2. The molecule has 8 N–H and O–H groups in total. The highest BCUT2D eigenvalue weighted by Crippen LogP contribution is 2.07. The Hall–Kier alpha value is -2.38. The summed E-state index contributed by atoms with van der Waals surface area (Å²) in [4.78, 5) is 59.8. The lowest BCUT2D eigenvalue weighted by molar-refractivity contribution is -0.144. The van der Waals surface area contributed by atoms with E-state index in [9.17, 15) is 34.2 Å². The molecular weight excluding hydrogens is 456 g/mol. The van der Waals surface area contributed by atoms with E-state index in [0.29, 0.717) is 12.2 Å². The van der Waals surface area contributed by atoms with Crippen LogP contribution in [-0.4, -0.2) is 87.3 Å². The molecule has 0 spiro atoms. The van der Waals surface area contributed by atoms with Crippen molar-refractivity contribution in [1.82, 2.24) is 16.0 Å². The zero-order valence-corrected chi connectivity index (χ0v) is 20.2. The fourth-order valence-electron chi connectivity index (χ4n) is 2.84. The molecule has 5 atom stereocenters. The first-order valence-electron chi connectivity index (χ1n) is 10.6. The van der Waals surface area contributed by atoms with Crippen LogP contribution in [0.4, 0.5) is 0 Å². The van der Waals surface area contributed by atoms with Crippen LogP contribution in [0.3, 0.4) is 0 Å². The lowest BCUT2D eigenvalue weighted by Gasteiger charge is -2.26. The van der Waals surface area contributed by atoms with Crippen molar-refractivity contribution in [3.05, 3.63) is 0 Å². The van der Waals surface area contributed by atoms with Crippen LogP contribution in [-0.2, 0) is 24.0 Å². The molecule has 0 saturated carbocycles. The molecule has 190 valence electrons. The Bertz CT molecular complexity index is 689. The predicted octanol–water partition coefficient (Wildman–Crippen LogP) is -1.10. The second-order valence-corrected chi connectivity index (χ2v) is 9.12. The van der Waals surface area contributed by atoms with Crippen molar-refractivity contribution < 1.29 is 39.3 Å². The summed E-state index contributed by atoms with van der Waals surface area (Å²) in [5, 5.41) is 35.0. The number of carboxylic acids is 2. The first kappa shape index (κ1) is 30.6. The van der Waals surface area contributed by atoms with E-state index >= 15 is 0 Å². The van der Waals surface area contributed by atoms with Crippen molar-refractivity contribution in [3.8, 4) is 0 Å². The first-order valence-corrected chi connectivity index (χ1v) is 12.0. The van der Waals surface area contributed by atoms with Crippen molar-refractivity contribution in [2.24, 2.45) is 11.7 Å². The Morgan fingerprint density at radius 3 is 1.91 bits per heavy atom. The van der Waals surface area contributed by atoms with Crippen molar-refractivity contribution in [2.75, 3.05) is 12.0 Å². The Balaban J connectivity index is 5.37. The highest BCUT2D eigenvalue weighted by Gasteiger charge is 2.32. The van der Waals surface area contributed by atoms with E-state index in [1.165, 1.54) is 18.7 Å². The van der Waals surface area contributed by atoms with E-state index in [1.807, 2.05) is 20.1 Å². The van der Waals surface area contributed by atoms with Crippen molar-refractivity contribution in [2.45, 2.75) is 76.7 Å². The van der Waals surface area contributed by atoms with Gasteiger partial charge >= 0.3 is 11.9 Å². The largest absolute Gasteiger partial charge is 0.481 e. The Morgan fingerprint density at radius 1 is 0.879 bits per heavy atom. The fourth-order valence-corrected chi connectivity index (χ4v) is 3.32. The van der Waals surface area contributed by atoms with Crippen LogP contribution in [0, 0.1) is 5.92 Å². The molecule has 0 rings (SSSR count). The first-order chi connectivity index (χ1) is 15.3. The minimum absolute atomic E-state index is 0.163. The van der Waals surface area contributed by atoms with Gasteiger partial charge in [0, 0.05) is 6.42 Å². The number of nitrogens with one attached hydrogen (secondary N) is 3.